The Morgan fingerprint density at radius 3 is 2.79 bits per heavy atom. The standard InChI is InChI=1S/C10H7ClFNO/c1-14-8-4-3-7(12)10-6(8)2-5-9(11)13-10/h2-5H,1H3. The lowest BCUT2D eigenvalue weighted by atomic mass is 10.2. The molecule has 72 valence electrons. The second kappa shape index (κ2) is 3.42. The SMILES string of the molecule is COc1ccc(F)c2nc(Cl)ccc12. The van der Waals surface area contributed by atoms with E-state index in [0.29, 0.717) is 11.1 Å². The summed E-state index contributed by atoms with van der Waals surface area (Å²) in [5.41, 5.74) is 0.233. The topological polar surface area (TPSA) is 22.1 Å². The van der Waals surface area contributed by atoms with Gasteiger partial charge in [0, 0.05) is 5.39 Å². The number of hydrogen-bond acceptors (Lipinski definition) is 2. The molecule has 1 aromatic carbocycles. The van der Waals surface area contributed by atoms with Crippen molar-refractivity contribution in [1.82, 2.24) is 4.98 Å². The molecule has 1 aromatic heterocycles. The Labute approximate surface area is 85.3 Å². The van der Waals surface area contributed by atoms with Gasteiger partial charge in [0.15, 0.2) is 0 Å². The molecule has 4 heteroatoms. The first-order valence-corrected chi connectivity index (χ1v) is 4.39. The maximum absolute atomic E-state index is 13.3. The van der Waals surface area contributed by atoms with E-state index in [1.54, 1.807) is 18.2 Å². The summed E-state index contributed by atoms with van der Waals surface area (Å²) in [6, 6.07) is 6.16. The van der Waals surface area contributed by atoms with Crippen LogP contribution in [0, 0.1) is 5.82 Å². The van der Waals surface area contributed by atoms with E-state index in [1.165, 1.54) is 13.2 Å². The Morgan fingerprint density at radius 1 is 1.29 bits per heavy atom. The highest BCUT2D eigenvalue weighted by Gasteiger charge is 2.07. The number of aromatic nitrogens is 1. The van der Waals surface area contributed by atoms with Crippen LogP contribution in [0.25, 0.3) is 10.9 Å². The van der Waals surface area contributed by atoms with Crippen LogP contribution < -0.4 is 4.74 Å². The predicted octanol–water partition coefficient (Wildman–Crippen LogP) is 3.04. The molecule has 0 saturated heterocycles. The highest BCUT2D eigenvalue weighted by Crippen LogP contribution is 2.27. The number of halogens is 2. The molecule has 0 aliphatic carbocycles. The lowest BCUT2D eigenvalue weighted by Crippen LogP contribution is -1.89. The number of methoxy groups -OCH3 is 1. The smallest absolute Gasteiger partial charge is 0.149 e. The molecule has 0 aliphatic rings. The van der Waals surface area contributed by atoms with Gasteiger partial charge >= 0.3 is 0 Å². The highest BCUT2D eigenvalue weighted by atomic mass is 35.5. The Balaban J connectivity index is 2.84. The third kappa shape index (κ3) is 1.40. The van der Waals surface area contributed by atoms with Gasteiger partial charge in [-0.25, -0.2) is 9.37 Å². The van der Waals surface area contributed by atoms with Crippen LogP contribution in [0.1, 0.15) is 0 Å². The maximum Gasteiger partial charge on any atom is 0.149 e. The largest absolute Gasteiger partial charge is 0.496 e. The fraction of sp³-hybridized carbons (Fsp3) is 0.100. The van der Waals surface area contributed by atoms with Crippen LogP contribution in [0.4, 0.5) is 4.39 Å². The van der Waals surface area contributed by atoms with E-state index in [9.17, 15) is 4.39 Å². The van der Waals surface area contributed by atoms with E-state index in [4.69, 9.17) is 16.3 Å². The third-order valence-electron chi connectivity index (χ3n) is 1.95. The zero-order chi connectivity index (χ0) is 10.1. The zero-order valence-corrected chi connectivity index (χ0v) is 8.18. The van der Waals surface area contributed by atoms with Crippen LogP contribution in [-0.2, 0) is 0 Å². The third-order valence-corrected chi connectivity index (χ3v) is 2.16. The first kappa shape index (κ1) is 9.21. The van der Waals surface area contributed by atoms with Gasteiger partial charge < -0.3 is 4.74 Å². The van der Waals surface area contributed by atoms with Crippen molar-refractivity contribution in [3.05, 3.63) is 35.2 Å². The molecule has 0 aliphatic heterocycles. The predicted molar refractivity (Wildman–Crippen MR) is 53.3 cm³/mol. The van der Waals surface area contributed by atoms with E-state index in [-0.39, 0.29) is 10.7 Å². The number of benzene rings is 1. The molecule has 0 amide bonds. The molecule has 0 bridgehead atoms. The molecule has 0 spiro atoms. The van der Waals surface area contributed by atoms with E-state index in [2.05, 4.69) is 4.98 Å². The van der Waals surface area contributed by atoms with E-state index in [1.807, 2.05) is 0 Å². The van der Waals surface area contributed by atoms with Crippen molar-refractivity contribution in [2.24, 2.45) is 0 Å². The van der Waals surface area contributed by atoms with Gasteiger partial charge in [-0.3, -0.25) is 0 Å². The van der Waals surface area contributed by atoms with Crippen molar-refractivity contribution in [3.8, 4) is 5.75 Å². The number of nitrogens with zero attached hydrogens (tertiary/aromatic N) is 1. The van der Waals surface area contributed by atoms with Crippen LogP contribution in [-0.4, -0.2) is 12.1 Å². The van der Waals surface area contributed by atoms with E-state index >= 15 is 0 Å². The average molecular weight is 212 g/mol. The van der Waals surface area contributed by atoms with Crippen LogP contribution >= 0.6 is 11.6 Å². The van der Waals surface area contributed by atoms with Gasteiger partial charge in [-0.1, -0.05) is 11.6 Å². The normalized spacial score (nSPS) is 10.5. The van der Waals surface area contributed by atoms with Gasteiger partial charge in [-0.05, 0) is 24.3 Å². The molecule has 0 radical (unpaired) electrons. The highest BCUT2D eigenvalue weighted by molar-refractivity contribution is 6.29. The molecule has 2 rings (SSSR count). The Kier molecular flexibility index (Phi) is 2.25. The summed E-state index contributed by atoms with van der Waals surface area (Å²) in [5.74, 6) is 0.189. The molecule has 0 fully saturated rings. The van der Waals surface area contributed by atoms with Crippen molar-refractivity contribution in [3.63, 3.8) is 0 Å². The molecule has 0 saturated carbocycles. The summed E-state index contributed by atoms with van der Waals surface area (Å²) in [7, 11) is 1.53. The summed E-state index contributed by atoms with van der Waals surface area (Å²) < 4.78 is 18.4. The maximum atomic E-state index is 13.3. The molecule has 14 heavy (non-hydrogen) atoms. The first-order valence-electron chi connectivity index (χ1n) is 4.01. The Bertz CT molecular complexity index is 487. The molecule has 0 unspecified atom stereocenters. The number of pyridine rings is 1. The number of ether oxygens (including phenoxy) is 1. The van der Waals surface area contributed by atoms with Gasteiger partial charge in [-0.2, -0.15) is 0 Å². The summed E-state index contributed by atoms with van der Waals surface area (Å²) in [4.78, 5) is 3.89. The number of hydrogen-bond donors (Lipinski definition) is 0. The minimum absolute atomic E-state index is 0.233. The van der Waals surface area contributed by atoms with Crippen molar-refractivity contribution in [2.45, 2.75) is 0 Å². The molecule has 0 N–H and O–H groups in total. The van der Waals surface area contributed by atoms with Gasteiger partial charge in [0.25, 0.3) is 0 Å². The minimum Gasteiger partial charge on any atom is -0.496 e. The van der Waals surface area contributed by atoms with E-state index < -0.39 is 5.82 Å². The fourth-order valence-electron chi connectivity index (χ4n) is 1.31. The minimum atomic E-state index is -0.400. The zero-order valence-electron chi connectivity index (χ0n) is 7.42. The summed E-state index contributed by atoms with van der Waals surface area (Å²) in [6.07, 6.45) is 0. The van der Waals surface area contributed by atoms with Crippen LogP contribution in [0.5, 0.6) is 5.75 Å². The lowest BCUT2D eigenvalue weighted by molar-refractivity contribution is 0.419. The molecule has 2 nitrogen and oxygen atoms in total. The van der Waals surface area contributed by atoms with Gasteiger partial charge in [0.2, 0.25) is 0 Å². The molecule has 0 atom stereocenters. The summed E-state index contributed by atoms with van der Waals surface area (Å²) in [6.45, 7) is 0. The molecular formula is C10H7ClFNO. The number of rotatable bonds is 1. The second-order valence-electron chi connectivity index (χ2n) is 2.78. The van der Waals surface area contributed by atoms with Crippen molar-refractivity contribution >= 4 is 22.5 Å². The Morgan fingerprint density at radius 2 is 2.07 bits per heavy atom. The molecule has 1 heterocycles. The van der Waals surface area contributed by atoms with Crippen molar-refractivity contribution in [2.75, 3.05) is 7.11 Å². The van der Waals surface area contributed by atoms with Gasteiger partial charge in [0.1, 0.15) is 22.2 Å². The second-order valence-corrected chi connectivity index (χ2v) is 3.17. The van der Waals surface area contributed by atoms with Crippen LogP contribution in [0.15, 0.2) is 24.3 Å². The molecule has 2 aromatic rings. The first-order chi connectivity index (χ1) is 6.72. The van der Waals surface area contributed by atoms with Crippen LogP contribution in [0.3, 0.4) is 0 Å². The number of fused-ring (bicyclic) bond motifs is 1. The molecular weight excluding hydrogens is 205 g/mol. The monoisotopic (exact) mass is 211 g/mol. The Hall–Kier alpha value is -1.35. The van der Waals surface area contributed by atoms with Crippen LogP contribution in [0.2, 0.25) is 5.15 Å². The fourth-order valence-corrected chi connectivity index (χ4v) is 1.46. The summed E-state index contributed by atoms with van der Waals surface area (Å²) >= 11 is 5.67. The van der Waals surface area contributed by atoms with E-state index in [0.717, 1.165) is 0 Å². The lowest BCUT2D eigenvalue weighted by Gasteiger charge is -2.05. The van der Waals surface area contributed by atoms with Crippen molar-refractivity contribution < 1.29 is 9.13 Å². The average Bonchev–Trinajstić information content (AvgIpc) is 2.19. The van der Waals surface area contributed by atoms with Crippen molar-refractivity contribution in [1.29, 1.82) is 0 Å². The quantitative estimate of drug-likeness (QED) is 0.677. The van der Waals surface area contributed by atoms with Gasteiger partial charge in [-0.15, -0.1) is 0 Å². The summed E-state index contributed by atoms with van der Waals surface area (Å²) in [5, 5.41) is 0.890. The van der Waals surface area contributed by atoms with Gasteiger partial charge in [0.05, 0.1) is 7.11 Å².